The molecule has 0 unspecified atom stereocenters. The van der Waals surface area contributed by atoms with Crippen molar-refractivity contribution in [3.8, 4) is 27.3 Å². The maximum Gasteiger partial charge on any atom is 0.407 e. The molecule has 47 heavy (non-hydrogen) atoms. The lowest BCUT2D eigenvalue weighted by molar-refractivity contribution is 0.0521. The molecule has 0 saturated heterocycles. The SMILES string of the molecule is CC.COC(=O)c1nc(C(=O)O)ccc1-c1cc(O)c(-c2sccc2C)cc1C(=O)Nc1ccc(CNC(=O)OC(C)(C)C)cc1C. The number of aryl methyl sites for hydroxylation is 2. The van der Waals surface area contributed by atoms with E-state index in [1.54, 1.807) is 39.8 Å². The van der Waals surface area contributed by atoms with E-state index < -0.39 is 35.2 Å². The Morgan fingerprint density at radius 3 is 2.19 bits per heavy atom. The summed E-state index contributed by atoms with van der Waals surface area (Å²) < 4.78 is 10.1. The first kappa shape index (κ1) is 36.2. The van der Waals surface area contributed by atoms with Crippen molar-refractivity contribution < 1.29 is 38.9 Å². The molecule has 2 amide bonds. The number of aromatic carboxylic acids is 1. The Bertz CT molecular complexity index is 1810. The average molecular weight is 662 g/mol. The highest BCUT2D eigenvalue weighted by atomic mass is 32.1. The van der Waals surface area contributed by atoms with Crippen LogP contribution in [0.3, 0.4) is 0 Å². The summed E-state index contributed by atoms with van der Waals surface area (Å²) in [6.07, 6.45) is -0.550. The first-order valence-corrected chi connectivity index (χ1v) is 15.7. The van der Waals surface area contributed by atoms with Crippen LogP contribution in [0.4, 0.5) is 10.5 Å². The number of aromatic nitrogens is 1. The number of anilines is 1. The van der Waals surface area contributed by atoms with Crippen molar-refractivity contribution in [1.29, 1.82) is 0 Å². The molecule has 0 spiro atoms. The van der Waals surface area contributed by atoms with Crippen LogP contribution in [-0.4, -0.2) is 51.8 Å². The fraction of sp³-hybridized carbons (Fsp3) is 0.286. The minimum atomic E-state index is -1.35. The monoisotopic (exact) mass is 661 g/mol. The number of ether oxygens (including phenoxy) is 2. The summed E-state index contributed by atoms with van der Waals surface area (Å²) in [6, 6.07) is 12.6. The molecule has 0 aliphatic carbocycles. The Balaban J connectivity index is 0.00000294. The lowest BCUT2D eigenvalue weighted by Crippen LogP contribution is -2.32. The second kappa shape index (κ2) is 15.4. The summed E-state index contributed by atoms with van der Waals surface area (Å²) in [6.45, 7) is 13.2. The number of methoxy groups -OCH3 is 1. The second-order valence-electron chi connectivity index (χ2n) is 11.2. The lowest BCUT2D eigenvalue weighted by atomic mass is 9.93. The number of thiophene rings is 1. The maximum atomic E-state index is 13.9. The fourth-order valence-corrected chi connectivity index (χ4v) is 5.48. The highest BCUT2D eigenvalue weighted by molar-refractivity contribution is 7.13. The summed E-state index contributed by atoms with van der Waals surface area (Å²) in [5, 5.41) is 28.0. The van der Waals surface area contributed by atoms with E-state index in [4.69, 9.17) is 9.47 Å². The summed E-state index contributed by atoms with van der Waals surface area (Å²) in [5.41, 5.74) is 2.27. The van der Waals surface area contributed by atoms with Gasteiger partial charge in [-0.05, 0) is 93.1 Å². The number of carbonyl (C=O) groups excluding carboxylic acids is 3. The minimum Gasteiger partial charge on any atom is -0.507 e. The number of carboxylic acids is 1. The third-order valence-electron chi connectivity index (χ3n) is 6.65. The number of benzene rings is 2. The first-order valence-electron chi connectivity index (χ1n) is 14.8. The molecular weight excluding hydrogens is 622 g/mol. The predicted molar refractivity (Wildman–Crippen MR) is 181 cm³/mol. The highest BCUT2D eigenvalue weighted by Gasteiger charge is 2.25. The van der Waals surface area contributed by atoms with Crippen LogP contribution in [0.2, 0.25) is 0 Å². The molecule has 0 bridgehead atoms. The molecule has 0 fully saturated rings. The molecular formula is C35H39N3O8S. The van der Waals surface area contributed by atoms with E-state index in [0.717, 1.165) is 23.1 Å². The lowest BCUT2D eigenvalue weighted by Gasteiger charge is -2.20. The van der Waals surface area contributed by atoms with E-state index in [0.29, 0.717) is 16.8 Å². The number of carboxylic acid groups (broad SMARTS) is 1. The summed E-state index contributed by atoms with van der Waals surface area (Å²) in [4.78, 5) is 55.0. The molecule has 11 nitrogen and oxygen atoms in total. The largest absolute Gasteiger partial charge is 0.507 e. The zero-order chi connectivity index (χ0) is 35.1. The number of phenolic OH excluding ortho intramolecular Hbond substituents is 1. The van der Waals surface area contributed by atoms with Gasteiger partial charge in [0.05, 0.1) is 7.11 Å². The zero-order valence-electron chi connectivity index (χ0n) is 27.6. The van der Waals surface area contributed by atoms with E-state index in [9.17, 15) is 29.4 Å². The Morgan fingerprint density at radius 1 is 0.915 bits per heavy atom. The molecule has 4 aromatic rings. The fourth-order valence-electron chi connectivity index (χ4n) is 4.53. The number of nitrogens with one attached hydrogen (secondary N) is 2. The van der Waals surface area contributed by atoms with Gasteiger partial charge in [0.15, 0.2) is 5.69 Å². The van der Waals surface area contributed by atoms with E-state index in [2.05, 4.69) is 15.6 Å². The summed E-state index contributed by atoms with van der Waals surface area (Å²) in [7, 11) is 1.13. The summed E-state index contributed by atoms with van der Waals surface area (Å²) >= 11 is 1.39. The number of aromatic hydroxyl groups is 1. The van der Waals surface area contributed by atoms with Crippen molar-refractivity contribution in [2.45, 2.75) is 60.6 Å². The van der Waals surface area contributed by atoms with Crippen molar-refractivity contribution in [3.63, 3.8) is 0 Å². The number of carbonyl (C=O) groups is 4. The number of nitrogens with zero attached hydrogens (tertiary/aromatic N) is 1. The summed E-state index contributed by atoms with van der Waals surface area (Å²) in [5.74, 6) is -2.97. The Kier molecular flexibility index (Phi) is 11.9. The Morgan fingerprint density at radius 2 is 1.62 bits per heavy atom. The van der Waals surface area contributed by atoms with Crippen LogP contribution in [0.1, 0.15) is 82.6 Å². The predicted octanol–water partition coefficient (Wildman–Crippen LogP) is 7.59. The Labute approximate surface area is 277 Å². The number of phenols is 1. The maximum absolute atomic E-state index is 13.9. The van der Waals surface area contributed by atoms with Crippen molar-refractivity contribution >= 4 is 41.0 Å². The molecule has 0 radical (unpaired) electrons. The van der Waals surface area contributed by atoms with Gasteiger partial charge in [-0.3, -0.25) is 4.79 Å². The molecule has 0 aliphatic rings. The molecule has 0 aliphatic heterocycles. The van der Waals surface area contributed by atoms with Gasteiger partial charge in [0.1, 0.15) is 17.0 Å². The van der Waals surface area contributed by atoms with Gasteiger partial charge in [-0.15, -0.1) is 11.3 Å². The van der Waals surface area contributed by atoms with Crippen LogP contribution >= 0.6 is 11.3 Å². The molecule has 4 N–H and O–H groups in total. The average Bonchev–Trinajstić information content (AvgIpc) is 3.45. The quantitative estimate of drug-likeness (QED) is 0.139. The van der Waals surface area contributed by atoms with Crippen LogP contribution in [0, 0.1) is 13.8 Å². The number of rotatable bonds is 8. The molecule has 2 aromatic heterocycles. The van der Waals surface area contributed by atoms with Crippen LogP contribution in [0.25, 0.3) is 21.6 Å². The van der Waals surface area contributed by atoms with E-state index in [1.807, 2.05) is 38.3 Å². The van der Waals surface area contributed by atoms with Gasteiger partial charge in [0.2, 0.25) is 0 Å². The molecule has 0 saturated carbocycles. The normalized spacial score (nSPS) is 10.7. The molecule has 12 heteroatoms. The third kappa shape index (κ3) is 8.95. The van der Waals surface area contributed by atoms with Crippen LogP contribution < -0.4 is 10.6 Å². The second-order valence-corrected chi connectivity index (χ2v) is 12.1. The smallest absolute Gasteiger partial charge is 0.407 e. The molecule has 2 heterocycles. The van der Waals surface area contributed by atoms with Crippen molar-refractivity contribution in [1.82, 2.24) is 10.3 Å². The van der Waals surface area contributed by atoms with E-state index in [1.165, 1.54) is 35.6 Å². The number of hydrogen-bond acceptors (Lipinski definition) is 9. The van der Waals surface area contributed by atoms with Gasteiger partial charge in [-0.25, -0.2) is 19.4 Å². The van der Waals surface area contributed by atoms with Crippen molar-refractivity contribution in [2.24, 2.45) is 0 Å². The van der Waals surface area contributed by atoms with Gasteiger partial charge in [-0.2, -0.15) is 0 Å². The van der Waals surface area contributed by atoms with Crippen LogP contribution in [0.15, 0.2) is 53.9 Å². The molecule has 4 rings (SSSR count). The molecule has 0 atom stereocenters. The first-order chi connectivity index (χ1) is 22.2. The van der Waals surface area contributed by atoms with Gasteiger partial charge >= 0.3 is 18.0 Å². The number of esters is 1. The van der Waals surface area contributed by atoms with Crippen LogP contribution in [-0.2, 0) is 16.0 Å². The molecule has 248 valence electrons. The van der Waals surface area contributed by atoms with Crippen LogP contribution in [0.5, 0.6) is 5.75 Å². The highest BCUT2D eigenvalue weighted by Crippen LogP contribution is 2.41. The Hall–Kier alpha value is -5.23. The third-order valence-corrected chi connectivity index (χ3v) is 7.69. The number of pyridine rings is 1. The van der Waals surface area contributed by atoms with Crippen molar-refractivity contribution in [3.05, 3.63) is 87.6 Å². The molecule has 2 aromatic carbocycles. The topological polar surface area (TPSA) is 164 Å². The van der Waals surface area contributed by atoms with E-state index >= 15 is 0 Å². The number of alkyl carbamates (subject to hydrolysis) is 1. The van der Waals surface area contributed by atoms with E-state index in [-0.39, 0.29) is 34.7 Å². The standard InChI is InChI=1S/C33H33N3O8S.C2H6/c1-17-11-12-45-28(17)23-14-22(21(15-26(23)37)20-8-10-25(30(39)40)35-27(20)31(41)43-6)29(38)36-24-9-7-19(13-18(24)2)16-34-32(42)44-33(3,4)5;1-2/h7-15,37H,16H2,1-6H3,(H,34,42)(H,36,38)(H,39,40);1-2H3. The van der Waals surface area contributed by atoms with Gasteiger partial charge in [0, 0.05) is 39.4 Å². The zero-order valence-corrected chi connectivity index (χ0v) is 28.4. The van der Waals surface area contributed by atoms with Gasteiger partial charge in [-0.1, -0.05) is 26.0 Å². The van der Waals surface area contributed by atoms with Crippen molar-refractivity contribution in [2.75, 3.05) is 12.4 Å². The number of amides is 2. The minimum absolute atomic E-state index is 0.0979. The van der Waals surface area contributed by atoms with Gasteiger partial charge < -0.3 is 30.3 Å². The number of hydrogen-bond donors (Lipinski definition) is 4. The van der Waals surface area contributed by atoms with Gasteiger partial charge in [0.25, 0.3) is 5.91 Å².